The number of carboxylic acid groups (broad SMARTS) is 1. The number of thioether (sulfide) groups is 1. The predicted molar refractivity (Wildman–Crippen MR) is 54.7 cm³/mol. The summed E-state index contributed by atoms with van der Waals surface area (Å²) in [4.78, 5) is 11.1. The molecule has 0 saturated carbocycles. The van der Waals surface area contributed by atoms with Crippen LogP contribution in [0, 0.1) is 0 Å². The number of aromatic carboxylic acids is 1. The molecule has 15 heavy (non-hydrogen) atoms. The summed E-state index contributed by atoms with van der Waals surface area (Å²) in [6, 6.07) is 5.97. The number of hydrogen-bond donors (Lipinski definition) is 1. The number of halogens is 2. The van der Waals surface area contributed by atoms with Crippen LogP contribution in [0.1, 0.15) is 17.3 Å². The van der Waals surface area contributed by atoms with Crippen molar-refractivity contribution in [1.29, 1.82) is 0 Å². The number of benzene rings is 1. The largest absolute Gasteiger partial charge is 0.478 e. The molecule has 0 bridgehead atoms. The van der Waals surface area contributed by atoms with Gasteiger partial charge in [0.2, 0.25) is 0 Å². The van der Waals surface area contributed by atoms with E-state index in [2.05, 4.69) is 0 Å². The maximum absolute atomic E-state index is 12.5. The summed E-state index contributed by atoms with van der Waals surface area (Å²) >= 11 is 0.946. The first kappa shape index (κ1) is 12.0. The highest BCUT2D eigenvalue weighted by molar-refractivity contribution is 7.99. The fraction of sp³-hybridized carbons (Fsp3) is 0.300. The molecule has 0 saturated heterocycles. The number of carboxylic acids is 1. The van der Waals surface area contributed by atoms with E-state index in [0.717, 1.165) is 18.7 Å². The molecule has 0 spiro atoms. The van der Waals surface area contributed by atoms with Crippen LogP contribution in [0.25, 0.3) is 0 Å². The summed E-state index contributed by atoms with van der Waals surface area (Å²) in [5, 5.41) is 8.68. The second-order valence-corrected chi connectivity index (χ2v) is 4.24. The topological polar surface area (TPSA) is 37.3 Å². The van der Waals surface area contributed by atoms with Crippen LogP contribution in [-0.2, 0) is 0 Å². The van der Waals surface area contributed by atoms with Crippen LogP contribution >= 0.6 is 11.8 Å². The summed E-state index contributed by atoms with van der Waals surface area (Å²) in [7, 11) is 0. The minimum atomic E-state index is -2.75. The molecule has 0 atom stereocenters. The Morgan fingerprint density at radius 2 is 2.20 bits per heavy atom. The molecule has 0 aliphatic carbocycles. The first-order chi connectivity index (χ1) is 6.88. The van der Waals surface area contributed by atoms with Gasteiger partial charge in [-0.15, -0.1) is 11.8 Å². The van der Waals surface area contributed by atoms with Gasteiger partial charge < -0.3 is 5.11 Å². The Morgan fingerprint density at radius 3 is 2.73 bits per heavy atom. The Bertz CT molecular complexity index is 361. The molecule has 0 aliphatic heterocycles. The lowest BCUT2D eigenvalue weighted by molar-refractivity contribution is 0.0492. The van der Waals surface area contributed by atoms with Gasteiger partial charge in [-0.25, -0.2) is 13.6 Å². The average molecular weight is 232 g/mol. The Labute approximate surface area is 90.3 Å². The molecule has 0 amide bonds. The first-order valence-electron chi connectivity index (χ1n) is 4.22. The molecular formula is C10H10F2O2S. The highest BCUT2D eigenvalue weighted by atomic mass is 32.2. The SMILES string of the molecule is CC(F)(F)CSc1cccc(C(=O)O)c1. The molecule has 1 aromatic rings. The van der Waals surface area contributed by atoms with Crippen molar-refractivity contribution >= 4 is 17.7 Å². The van der Waals surface area contributed by atoms with Crippen LogP contribution in [-0.4, -0.2) is 22.8 Å². The van der Waals surface area contributed by atoms with Gasteiger partial charge in [-0.3, -0.25) is 0 Å². The first-order valence-corrected chi connectivity index (χ1v) is 5.21. The highest BCUT2D eigenvalue weighted by Crippen LogP contribution is 2.26. The van der Waals surface area contributed by atoms with Crippen LogP contribution < -0.4 is 0 Å². The minimum absolute atomic E-state index is 0.111. The van der Waals surface area contributed by atoms with Gasteiger partial charge in [0.15, 0.2) is 0 Å². The normalized spacial score (nSPS) is 11.4. The van der Waals surface area contributed by atoms with Crippen molar-refractivity contribution in [2.75, 3.05) is 5.75 Å². The Kier molecular flexibility index (Phi) is 3.68. The van der Waals surface area contributed by atoms with E-state index in [1.165, 1.54) is 12.1 Å². The van der Waals surface area contributed by atoms with Gasteiger partial charge in [0, 0.05) is 11.8 Å². The van der Waals surface area contributed by atoms with E-state index in [0.29, 0.717) is 4.90 Å². The number of alkyl halides is 2. The van der Waals surface area contributed by atoms with E-state index in [1.54, 1.807) is 12.1 Å². The molecule has 82 valence electrons. The lowest BCUT2D eigenvalue weighted by atomic mass is 10.2. The molecule has 1 rings (SSSR count). The van der Waals surface area contributed by atoms with Crippen LogP contribution in [0.15, 0.2) is 29.2 Å². The molecule has 0 radical (unpaired) electrons. The summed E-state index contributed by atoms with van der Waals surface area (Å²) in [6.07, 6.45) is 0. The van der Waals surface area contributed by atoms with Gasteiger partial charge in [-0.1, -0.05) is 6.07 Å². The lowest BCUT2D eigenvalue weighted by Gasteiger charge is -2.09. The minimum Gasteiger partial charge on any atom is -0.478 e. The Balaban J connectivity index is 2.70. The fourth-order valence-corrected chi connectivity index (χ4v) is 1.73. The van der Waals surface area contributed by atoms with Crippen molar-refractivity contribution in [3.63, 3.8) is 0 Å². The maximum Gasteiger partial charge on any atom is 0.335 e. The van der Waals surface area contributed by atoms with E-state index in [9.17, 15) is 13.6 Å². The third-order valence-corrected chi connectivity index (χ3v) is 2.81. The lowest BCUT2D eigenvalue weighted by Crippen LogP contribution is -2.12. The Hall–Kier alpha value is -1.10. The molecule has 0 aliphatic rings. The molecular weight excluding hydrogens is 222 g/mol. The summed E-state index contributed by atoms with van der Waals surface area (Å²) in [6.45, 7) is 0.834. The van der Waals surface area contributed by atoms with Crippen molar-refractivity contribution in [1.82, 2.24) is 0 Å². The van der Waals surface area contributed by atoms with E-state index >= 15 is 0 Å². The molecule has 1 N–H and O–H groups in total. The van der Waals surface area contributed by atoms with Crippen molar-refractivity contribution in [3.8, 4) is 0 Å². The van der Waals surface area contributed by atoms with Gasteiger partial charge in [-0.2, -0.15) is 0 Å². The third kappa shape index (κ3) is 4.29. The van der Waals surface area contributed by atoms with Crippen LogP contribution in [0.3, 0.4) is 0 Å². The molecule has 5 heteroatoms. The van der Waals surface area contributed by atoms with Crippen LogP contribution in [0.5, 0.6) is 0 Å². The van der Waals surface area contributed by atoms with Crippen molar-refractivity contribution < 1.29 is 18.7 Å². The zero-order chi connectivity index (χ0) is 11.5. The summed E-state index contributed by atoms with van der Waals surface area (Å²) in [5.74, 6) is -4.15. The van der Waals surface area contributed by atoms with Crippen molar-refractivity contribution in [3.05, 3.63) is 29.8 Å². The monoisotopic (exact) mass is 232 g/mol. The molecule has 0 fully saturated rings. The van der Waals surface area contributed by atoms with Gasteiger partial charge in [-0.05, 0) is 18.2 Å². The van der Waals surface area contributed by atoms with Gasteiger partial charge >= 0.3 is 5.97 Å². The molecule has 0 aromatic heterocycles. The Morgan fingerprint density at radius 1 is 1.53 bits per heavy atom. The standard InChI is InChI=1S/C10H10F2O2S/c1-10(11,12)6-15-8-4-2-3-7(5-8)9(13)14/h2-5H,6H2,1H3,(H,13,14). The molecule has 2 nitrogen and oxygen atoms in total. The zero-order valence-corrected chi connectivity index (χ0v) is 8.85. The zero-order valence-electron chi connectivity index (χ0n) is 8.04. The van der Waals surface area contributed by atoms with Gasteiger partial charge in [0.05, 0.1) is 11.3 Å². The second-order valence-electron chi connectivity index (χ2n) is 3.19. The highest BCUT2D eigenvalue weighted by Gasteiger charge is 2.21. The summed E-state index contributed by atoms with van der Waals surface area (Å²) < 4.78 is 25.1. The quantitative estimate of drug-likeness (QED) is 0.810. The smallest absolute Gasteiger partial charge is 0.335 e. The van der Waals surface area contributed by atoms with Gasteiger partial charge in [0.25, 0.3) is 5.92 Å². The van der Waals surface area contributed by atoms with Gasteiger partial charge in [0.1, 0.15) is 0 Å². The number of hydrogen-bond acceptors (Lipinski definition) is 2. The van der Waals surface area contributed by atoms with E-state index in [4.69, 9.17) is 5.11 Å². The average Bonchev–Trinajstić information content (AvgIpc) is 2.14. The van der Waals surface area contributed by atoms with Crippen LogP contribution in [0.2, 0.25) is 0 Å². The van der Waals surface area contributed by atoms with E-state index < -0.39 is 11.9 Å². The third-order valence-electron chi connectivity index (χ3n) is 1.57. The van der Waals surface area contributed by atoms with E-state index in [1.807, 2.05) is 0 Å². The number of rotatable bonds is 4. The second kappa shape index (κ2) is 4.61. The predicted octanol–water partition coefficient (Wildman–Crippen LogP) is 3.13. The summed E-state index contributed by atoms with van der Waals surface area (Å²) in [5.41, 5.74) is 0.111. The number of carbonyl (C=O) groups is 1. The molecule has 1 aromatic carbocycles. The van der Waals surface area contributed by atoms with Crippen LogP contribution in [0.4, 0.5) is 8.78 Å². The molecule has 0 unspecified atom stereocenters. The maximum atomic E-state index is 12.5. The fourth-order valence-electron chi connectivity index (χ4n) is 0.929. The molecule has 0 heterocycles. The van der Waals surface area contributed by atoms with E-state index in [-0.39, 0.29) is 11.3 Å². The van der Waals surface area contributed by atoms with Crippen molar-refractivity contribution in [2.24, 2.45) is 0 Å². The van der Waals surface area contributed by atoms with Crippen molar-refractivity contribution in [2.45, 2.75) is 17.7 Å².